The van der Waals surface area contributed by atoms with Gasteiger partial charge in [-0.3, -0.25) is 9.48 Å². The highest BCUT2D eigenvalue weighted by atomic mass is 16.2. The van der Waals surface area contributed by atoms with Gasteiger partial charge in [0.1, 0.15) is 0 Å². The minimum Gasteiger partial charge on any atom is -0.336 e. The lowest BCUT2D eigenvalue weighted by Gasteiger charge is -2.15. The van der Waals surface area contributed by atoms with Crippen molar-refractivity contribution >= 4 is 5.91 Å². The van der Waals surface area contributed by atoms with Gasteiger partial charge in [-0.25, -0.2) is 0 Å². The zero-order valence-corrected chi connectivity index (χ0v) is 9.87. The van der Waals surface area contributed by atoms with Gasteiger partial charge in [-0.2, -0.15) is 0 Å². The summed E-state index contributed by atoms with van der Waals surface area (Å²) in [7, 11) is 3.49. The summed E-state index contributed by atoms with van der Waals surface area (Å²) >= 11 is 0. The van der Waals surface area contributed by atoms with Crippen molar-refractivity contribution in [2.24, 2.45) is 7.05 Å². The van der Waals surface area contributed by atoms with E-state index in [-0.39, 0.29) is 5.91 Å². The molecule has 1 aromatic heterocycles. The number of amides is 1. The number of aromatic nitrogens is 3. The first-order chi connectivity index (χ1) is 8.16. The van der Waals surface area contributed by atoms with E-state index in [0.717, 1.165) is 5.56 Å². The summed E-state index contributed by atoms with van der Waals surface area (Å²) in [6, 6.07) is 9.83. The summed E-state index contributed by atoms with van der Waals surface area (Å²) in [4.78, 5) is 13.6. The molecule has 0 aliphatic rings. The van der Waals surface area contributed by atoms with Crippen molar-refractivity contribution in [3.8, 4) is 0 Å². The van der Waals surface area contributed by atoms with Crippen LogP contribution in [-0.2, 0) is 13.6 Å². The van der Waals surface area contributed by atoms with Crippen molar-refractivity contribution in [3.05, 3.63) is 47.8 Å². The molecule has 17 heavy (non-hydrogen) atoms. The molecule has 1 amide bonds. The maximum atomic E-state index is 12.0. The molecule has 5 nitrogen and oxygen atoms in total. The number of benzene rings is 1. The first-order valence-electron chi connectivity index (χ1n) is 5.32. The first kappa shape index (κ1) is 11.3. The van der Waals surface area contributed by atoms with Gasteiger partial charge < -0.3 is 4.90 Å². The fourth-order valence-electron chi connectivity index (χ4n) is 1.57. The molecule has 0 saturated heterocycles. The predicted molar refractivity (Wildman–Crippen MR) is 63.2 cm³/mol. The molecule has 1 heterocycles. The molecule has 0 unspecified atom stereocenters. The van der Waals surface area contributed by atoms with Crippen molar-refractivity contribution in [1.82, 2.24) is 19.9 Å². The summed E-state index contributed by atoms with van der Waals surface area (Å²) in [6.45, 7) is 0.566. The number of hydrogen-bond donors (Lipinski definition) is 0. The monoisotopic (exact) mass is 230 g/mol. The molecule has 0 atom stereocenters. The molecular formula is C12H14N4O. The Morgan fingerprint density at radius 2 is 2.06 bits per heavy atom. The fraction of sp³-hybridized carbons (Fsp3) is 0.250. The van der Waals surface area contributed by atoms with Gasteiger partial charge in [-0.15, -0.1) is 5.10 Å². The quantitative estimate of drug-likeness (QED) is 0.793. The second-order valence-electron chi connectivity index (χ2n) is 3.92. The third-order valence-corrected chi connectivity index (χ3v) is 2.43. The predicted octanol–water partition coefficient (Wildman–Crippen LogP) is 1.09. The van der Waals surface area contributed by atoms with E-state index in [1.165, 1.54) is 4.68 Å². The summed E-state index contributed by atoms with van der Waals surface area (Å²) < 4.78 is 1.52. The molecule has 2 aromatic rings. The van der Waals surface area contributed by atoms with E-state index < -0.39 is 0 Å². The van der Waals surface area contributed by atoms with E-state index >= 15 is 0 Å². The lowest BCUT2D eigenvalue weighted by molar-refractivity contribution is 0.0779. The molecule has 0 saturated carbocycles. The van der Waals surface area contributed by atoms with Crippen molar-refractivity contribution in [3.63, 3.8) is 0 Å². The van der Waals surface area contributed by atoms with Gasteiger partial charge in [0, 0.05) is 20.6 Å². The highest BCUT2D eigenvalue weighted by molar-refractivity contribution is 5.91. The van der Waals surface area contributed by atoms with Crippen LogP contribution in [0.5, 0.6) is 0 Å². The minimum absolute atomic E-state index is 0.123. The van der Waals surface area contributed by atoms with Gasteiger partial charge in [-0.05, 0) is 5.56 Å². The van der Waals surface area contributed by atoms with E-state index in [1.807, 2.05) is 30.3 Å². The second-order valence-corrected chi connectivity index (χ2v) is 3.92. The minimum atomic E-state index is -0.123. The molecule has 0 radical (unpaired) electrons. The number of nitrogens with zero attached hydrogens (tertiary/aromatic N) is 4. The maximum Gasteiger partial charge on any atom is 0.276 e. The summed E-state index contributed by atoms with van der Waals surface area (Å²) in [5.41, 5.74) is 1.46. The SMILES string of the molecule is CN(Cc1ccccc1)C(=O)c1cn(C)nn1. The Kier molecular flexibility index (Phi) is 3.18. The van der Waals surface area contributed by atoms with Crippen molar-refractivity contribution < 1.29 is 4.79 Å². The Bertz CT molecular complexity index is 506. The smallest absolute Gasteiger partial charge is 0.276 e. The fourth-order valence-corrected chi connectivity index (χ4v) is 1.57. The molecule has 0 aliphatic heterocycles. The number of carbonyl (C=O) groups is 1. The van der Waals surface area contributed by atoms with Crippen LogP contribution >= 0.6 is 0 Å². The van der Waals surface area contributed by atoms with E-state index in [1.54, 1.807) is 25.2 Å². The second kappa shape index (κ2) is 4.78. The van der Waals surface area contributed by atoms with E-state index in [9.17, 15) is 4.79 Å². The van der Waals surface area contributed by atoms with E-state index in [2.05, 4.69) is 10.3 Å². The zero-order chi connectivity index (χ0) is 12.3. The molecule has 0 bridgehead atoms. The molecule has 0 aliphatic carbocycles. The van der Waals surface area contributed by atoms with Crippen molar-refractivity contribution in [1.29, 1.82) is 0 Å². The van der Waals surface area contributed by atoms with E-state index in [4.69, 9.17) is 0 Å². The average Bonchev–Trinajstić information content (AvgIpc) is 2.76. The van der Waals surface area contributed by atoms with Gasteiger partial charge >= 0.3 is 0 Å². The molecular weight excluding hydrogens is 216 g/mol. The van der Waals surface area contributed by atoms with Crippen LogP contribution in [0.3, 0.4) is 0 Å². The zero-order valence-electron chi connectivity index (χ0n) is 9.87. The maximum absolute atomic E-state index is 12.0. The molecule has 0 spiro atoms. The molecule has 88 valence electrons. The topological polar surface area (TPSA) is 51.0 Å². The van der Waals surface area contributed by atoms with Crippen LogP contribution in [0.15, 0.2) is 36.5 Å². The van der Waals surface area contributed by atoms with Crippen molar-refractivity contribution in [2.45, 2.75) is 6.54 Å². The van der Waals surface area contributed by atoms with Crippen LogP contribution in [0.1, 0.15) is 16.1 Å². The summed E-state index contributed by atoms with van der Waals surface area (Å²) in [6.07, 6.45) is 1.61. The number of carbonyl (C=O) groups excluding carboxylic acids is 1. The summed E-state index contributed by atoms with van der Waals surface area (Å²) in [5.74, 6) is -0.123. The third-order valence-electron chi connectivity index (χ3n) is 2.43. The van der Waals surface area contributed by atoms with Gasteiger partial charge in [0.15, 0.2) is 5.69 Å². The number of hydrogen-bond acceptors (Lipinski definition) is 3. The Labute approximate surface area is 99.7 Å². The lowest BCUT2D eigenvalue weighted by Crippen LogP contribution is -2.26. The Balaban J connectivity index is 2.06. The Morgan fingerprint density at radius 3 is 2.65 bits per heavy atom. The van der Waals surface area contributed by atoms with Gasteiger partial charge in [-0.1, -0.05) is 35.5 Å². The van der Waals surface area contributed by atoms with Crippen LogP contribution in [0.4, 0.5) is 0 Å². The largest absolute Gasteiger partial charge is 0.336 e. The van der Waals surface area contributed by atoms with Crippen molar-refractivity contribution in [2.75, 3.05) is 7.05 Å². The lowest BCUT2D eigenvalue weighted by atomic mass is 10.2. The van der Waals surface area contributed by atoms with Gasteiger partial charge in [0.2, 0.25) is 0 Å². The Morgan fingerprint density at radius 1 is 1.35 bits per heavy atom. The van der Waals surface area contributed by atoms with Crippen LogP contribution < -0.4 is 0 Å². The molecule has 5 heteroatoms. The Hall–Kier alpha value is -2.17. The molecule has 0 fully saturated rings. The van der Waals surface area contributed by atoms with Crippen LogP contribution in [0.2, 0.25) is 0 Å². The van der Waals surface area contributed by atoms with Crippen LogP contribution in [0, 0.1) is 0 Å². The highest BCUT2D eigenvalue weighted by Gasteiger charge is 2.15. The summed E-state index contributed by atoms with van der Waals surface area (Å²) in [5, 5.41) is 7.55. The normalized spacial score (nSPS) is 10.2. The number of rotatable bonds is 3. The van der Waals surface area contributed by atoms with Crippen LogP contribution in [-0.4, -0.2) is 32.8 Å². The number of aryl methyl sites for hydroxylation is 1. The van der Waals surface area contributed by atoms with Crippen LogP contribution in [0.25, 0.3) is 0 Å². The standard InChI is InChI=1S/C12H14N4O/c1-15(8-10-6-4-3-5-7-10)12(17)11-9-16(2)14-13-11/h3-7,9H,8H2,1-2H3. The van der Waals surface area contributed by atoms with Gasteiger partial charge in [0.25, 0.3) is 5.91 Å². The first-order valence-corrected chi connectivity index (χ1v) is 5.32. The highest BCUT2D eigenvalue weighted by Crippen LogP contribution is 2.05. The molecule has 1 aromatic carbocycles. The third kappa shape index (κ3) is 2.69. The average molecular weight is 230 g/mol. The molecule has 2 rings (SSSR count). The molecule has 0 N–H and O–H groups in total. The van der Waals surface area contributed by atoms with E-state index in [0.29, 0.717) is 12.2 Å². The van der Waals surface area contributed by atoms with Gasteiger partial charge in [0.05, 0.1) is 6.20 Å².